The van der Waals surface area contributed by atoms with Gasteiger partial charge in [-0.15, -0.1) is 0 Å². The maximum Gasteiger partial charge on any atom is 0.416 e. The van der Waals surface area contributed by atoms with Gasteiger partial charge in [-0.25, -0.2) is 8.42 Å². The number of carbonyl (C=O) groups is 2. The number of ketones is 1. The molecule has 0 spiro atoms. The maximum absolute atomic E-state index is 13.7. The number of hydrogen-bond donors (Lipinski definition) is 0. The van der Waals surface area contributed by atoms with Crippen molar-refractivity contribution in [3.8, 4) is 6.07 Å². The molecule has 1 aliphatic rings. The Labute approximate surface area is 228 Å². The van der Waals surface area contributed by atoms with Gasteiger partial charge in [0.05, 0.1) is 28.0 Å². The number of sulfone groups is 1. The van der Waals surface area contributed by atoms with Gasteiger partial charge in [-0.05, 0) is 47.0 Å². The normalized spacial score (nSPS) is 15.3. The van der Waals surface area contributed by atoms with Crippen LogP contribution in [0.2, 0.25) is 0 Å². The summed E-state index contributed by atoms with van der Waals surface area (Å²) in [6.45, 7) is 0.0202. The lowest BCUT2D eigenvalue weighted by Gasteiger charge is -2.26. The van der Waals surface area contributed by atoms with Crippen LogP contribution in [-0.2, 0) is 38.7 Å². The van der Waals surface area contributed by atoms with Crippen molar-refractivity contribution >= 4 is 27.7 Å². The van der Waals surface area contributed by atoms with E-state index in [4.69, 9.17) is 5.26 Å². The van der Waals surface area contributed by atoms with Crippen LogP contribution >= 0.6 is 0 Å². The van der Waals surface area contributed by atoms with Crippen molar-refractivity contribution in [3.63, 3.8) is 0 Å². The number of alkyl halides is 3. The molecule has 0 bridgehead atoms. The molecule has 3 aromatic rings. The molecule has 0 aromatic heterocycles. The molecule has 3 aromatic carbocycles. The van der Waals surface area contributed by atoms with Gasteiger partial charge in [0.2, 0.25) is 0 Å². The largest absolute Gasteiger partial charge is 0.416 e. The number of benzene rings is 3. The van der Waals surface area contributed by atoms with E-state index in [0.717, 1.165) is 24.6 Å². The minimum atomic E-state index is -4.61. The summed E-state index contributed by atoms with van der Waals surface area (Å²) in [6, 6.07) is 18.7. The van der Waals surface area contributed by atoms with Gasteiger partial charge in [0, 0.05) is 31.8 Å². The third-order valence-electron chi connectivity index (χ3n) is 6.26. The molecule has 0 fully saturated rings. The second kappa shape index (κ2) is 11.3. The van der Waals surface area contributed by atoms with E-state index in [2.05, 4.69) is 4.99 Å². The Hall–Kier alpha value is -4.56. The van der Waals surface area contributed by atoms with E-state index in [-0.39, 0.29) is 29.1 Å². The SMILES string of the molecule is CS(=O)(=O)c1ccc(CN(Cc2ccc(C#N)cc2)C(=O)C2=CN=CC(c3cccc(C(F)(F)F)c3)C2=O)cc1. The van der Waals surface area contributed by atoms with E-state index >= 15 is 0 Å². The average molecular weight is 566 g/mol. The van der Waals surface area contributed by atoms with Crippen LogP contribution < -0.4 is 0 Å². The molecule has 40 heavy (non-hydrogen) atoms. The minimum absolute atomic E-state index is 0.00850. The molecule has 1 amide bonds. The molecule has 1 atom stereocenters. The van der Waals surface area contributed by atoms with Crippen LogP contribution in [0.1, 0.15) is 33.7 Å². The number of aliphatic imine (C=N–C) groups is 1. The molecule has 0 saturated heterocycles. The molecule has 1 unspecified atom stereocenters. The number of amides is 1. The van der Waals surface area contributed by atoms with Gasteiger partial charge < -0.3 is 4.90 Å². The molecular formula is C29H22F3N3O4S. The third kappa shape index (κ3) is 6.52. The van der Waals surface area contributed by atoms with Gasteiger partial charge in [-0.2, -0.15) is 18.4 Å². The molecule has 0 radical (unpaired) electrons. The monoisotopic (exact) mass is 565 g/mol. The maximum atomic E-state index is 13.7. The molecular weight excluding hydrogens is 543 g/mol. The van der Waals surface area contributed by atoms with E-state index < -0.39 is 39.2 Å². The topological polar surface area (TPSA) is 108 Å². The highest BCUT2D eigenvalue weighted by Gasteiger charge is 2.35. The molecule has 1 aliphatic heterocycles. The molecule has 4 rings (SSSR count). The predicted octanol–water partition coefficient (Wildman–Crippen LogP) is 4.83. The Balaban J connectivity index is 1.64. The first-order valence-corrected chi connectivity index (χ1v) is 13.8. The van der Waals surface area contributed by atoms with E-state index in [1.165, 1.54) is 35.4 Å². The van der Waals surface area contributed by atoms with Crippen molar-refractivity contribution in [2.75, 3.05) is 6.26 Å². The van der Waals surface area contributed by atoms with Gasteiger partial charge in [0.1, 0.15) is 5.57 Å². The fourth-order valence-corrected chi connectivity index (χ4v) is 4.78. The first-order valence-electron chi connectivity index (χ1n) is 11.9. The first kappa shape index (κ1) is 28.4. The zero-order chi connectivity index (χ0) is 29.1. The van der Waals surface area contributed by atoms with Crippen LogP contribution in [0.4, 0.5) is 13.2 Å². The van der Waals surface area contributed by atoms with Crippen LogP contribution in [0.15, 0.2) is 94.5 Å². The summed E-state index contributed by atoms with van der Waals surface area (Å²) < 4.78 is 63.4. The van der Waals surface area contributed by atoms with Gasteiger partial charge in [0.25, 0.3) is 5.91 Å². The van der Waals surface area contributed by atoms with Gasteiger partial charge in [-0.3, -0.25) is 14.6 Å². The summed E-state index contributed by atoms with van der Waals surface area (Å²) in [5.41, 5.74) is 0.483. The highest BCUT2D eigenvalue weighted by atomic mass is 32.2. The summed E-state index contributed by atoms with van der Waals surface area (Å²) in [7, 11) is -3.44. The molecule has 11 heteroatoms. The molecule has 0 N–H and O–H groups in total. The molecule has 0 saturated carbocycles. The summed E-state index contributed by atoms with van der Waals surface area (Å²) >= 11 is 0. The van der Waals surface area contributed by atoms with Crippen molar-refractivity contribution in [2.24, 2.45) is 4.99 Å². The predicted molar refractivity (Wildman–Crippen MR) is 141 cm³/mol. The van der Waals surface area contributed by atoms with Crippen LogP contribution in [-0.4, -0.2) is 37.5 Å². The number of hydrogen-bond acceptors (Lipinski definition) is 6. The highest BCUT2D eigenvalue weighted by molar-refractivity contribution is 7.90. The second-order valence-corrected chi connectivity index (χ2v) is 11.2. The number of halogens is 3. The number of nitriles is 1. The lowest BCUT2D eigenvalue weighted by atomic mass is 9.88. The fraction of sp³-hybridized carbons (Fsp3) is 0.172. The molecule has 7 nitrogen and oxygen atoms in total. The van der Waals surface area contributed by atoms with Crippen molar-refractivity contribution in [1.29, 1.82) is 5.26 Å². The van der Waals surface area contributed by atoms with E-state index in [1.54, 1.807) is 36.4 Å². The Bertz CT molecular complexity index is 1650. The van der Waals surface area contributed by atoms with Gasteiger partial charge in [-0.1, -0.05) is 42.5 Å². The third-order valence-corrected chi connectivity index (χ3v) is 7.39. The Morgan fingerprint density at radius 1 is 1.00 bits per heavy atom. The van der Waals surface area contributed by atoms with E-state index in [1.807, 2.05) is 6.07 Å². The zero-order valence-electron chi connectivity index (χ0n) is 21.1. The van der Waals surface area contributed by atoms with Gasteiger partial charge >= 0.3 is 6.18 Å². The summed E-state index contributed by atoms with van der Waals surface area (Å²) in [5, 5.41) is 9.07. The van der Waals surface area contributed by atoms with Gasteiger partial charge in [0.15, 0.2) is 15.6 Å². The Morgan fingerprint density at radius 2 is 1.60 bits per heavy atom. The number of carbonyl (C=O) groups excluding carboxylic acids is 2. The van der Waals surface area contributed by atoms with E-state index in [0.29, 0.717) is 16.7 Å². The number of rotatable bonds is 7. The molecule has 0 aliphatic carbocycles. The number of Topliss-reactive ketones (excluding diaryl/α,β-unsaturated/α-hetero) is 1. The van der Waals surface area contributed by atoms with E-state index in [9.17, 15) is 31.2 Å². The molecule has 204 valence electrons. The van der Waals surface area contributed by atoms with Crippen molar-refractivity contribution in [1.82, 2.24) is 4.90 Å². The lowest BCUT2D eigenvalue weighted by molar-refractivity contribution is -0.138. The minimum Gasteiger partial charge on any atom is -0.330 e. The quantitative estimate of drug-likeness (QED) is 0.382. The standard InChI is InChI=1S/C29H22F3N3O4S/c1-40(38,39)24-11-9-21(10-12-24)18-35(17-20-7-5-19(14-33)6-8-20)28(37)26-16-34-15-25(27(26)36)22-3-2-4-23(13-22)29(30,31)32/h2-13,15-16,25H,17-18H2,1H3. The van der Waals surface area contributed by atoms with Crippen LogP contribution in [0.3, 0.4) is 0 Å². The van der Waals surface area contributed by atoms with Crippen LogP contribution in [0.5, 0.6) is 0 Å². The average Bonchev–Trinajstić information content (AvgIpc) is 2.92. The smallest absolute Gasteiger partial charge is 0.330 e. The number of nitrogens with zero attached hydrogens (tertiary/aromatic N) is 3. The summed E-state index contributed by atoms with van der Waals surface area (Å²) in [4.78, 5) is 32.5. The zero-order valence-corrected chi connectivity index (χ0v) is 21.9. The van der Waals surface area contributed by atoms with Crippen molar-refractivity contribution in [2.45, 2.75) is 30.1 Å². The Morgan fingerprint density at radius 3 is 2.15 bits per heavy atom. The Kier molecular flexibility index (Phi) is 8.02. The first-order chi connectivity index (χ1) is 18.9. The van der Waals surface area contributed by atoms with Crippen molar-refractivity contribution < 1.29 is 31.2 Å². The summed E-state index contributed by atoms with van der Waals surface area (Å²) in [5.74, 6) is -2.58. The van der Waals surface area contributed by atoms with Crippen molar-refractivity contribution in [3.05, 3.63) is 112 Å². The van der Waals surface area contributed by atoms with Crippen LogP contribution in [0, 0.1) is 11.3 Å². The molecule has 1 heterocycles. The fourth-order valence-electron chi connectivity index (χ4n) is 4.15. The highest BCUT2D eigenvalue weighted by Crippen LogP contribution is 2.32. The van der Waals surface area contributed by atoms with Crippen LogP contribution in [0.25, 0.3) is 0 Å². The lowest BCUT2D eigenvalue weighted by Crippen LogP contribution is -2.36. The second-order valence-electron chi connectivity index (χ2n) is 9.19. The summed E-state index contributed by atoms with van der Waals surface area (Å²) in [6.07, 6.45) is -1.24.